The van der Waals surface area contributed by atoms with Crippen LogP contribution in [0.3, 0.4) is 0 Å². The van der Waals surface area contributed by atoms with Crippen LogP contribution in [0.2, 0.25) is 0 Å². The van der Waals surface area contributed by atoms with Crippen molar-refractivity contribution in [2.75, 3.05) is 0 Å². The minimum atomic E-state index is 1.34. The van der Waals surface area contributed by atoms with Crippen LogP contribution < -0.4 is 0 Å². The van der Waals surface area contributed by atoms with Crippen LogP contribution in [-0.2, 0) is 0 Å². The summed E-state index contributed by atoms with van der Waals surface area (Å²) in [6.45, 7) is 2.28. The Labute approximate surface area is 70.7 Å². The van der Waals surface area contributed by atoms with E-state index >= 15 is 0 Å². The molecule has 0 radical (unpaired) electrons. The van der Waals surface area contributed by atoms with Crippen molar-refractivity contribution in [3.63, 3.8) is 0 Å². The van der Waals surface area contributed by atoms with Gasteiger partial charge in [0, 0.05) is 0 Å². The lowest BCUT2D eigenvalue weighted by Crippen LogP contribution is -1.82. The zero-order chi connectivity index (χ0) is 7.94. The summed E-state index contributed by atoms with van der Waals surface area (Å²) in [5.41, 5.74) is 1.74. The van der Waals surface area contributed by atoms with Crippen molar-refractivity contribution in [1.29, 1.82) is 0 Å². The molecule has 0 aliphatic heterocycles. The van der Waals surface area contributed by atoms with Gasteiger partial charge in [-0.25, -0.2) is 0 Å². The molecule has 1 aliphatic carbocycles. The maximum absolute atomic E-state index is 2.49. The van der Waals surface area contributed by atoms with E-state index in [2.05, 4.69) is 13.0 Å². The molecule has 0 aromatic heterocycles. The lowest BCUT2D eigenvalue weighted by molar-refractivity contribution is 0.690. The minimum absolute atomic E-state index is 1.34. The first kappa shape index (κ1) is 8.83. The van der Waals surface area contributed by atoms with Gasteiger partial charge in [0.05, 0.1) is 0 Å². The van der Waals surface area contributed by atoms with Gasteiger partial charge in [0.25, 0.3) is 0 Å². The maximum Gasteiger partial charge on any atom is -0.0320 e. The summed E-state index contributed by atoms with van der Waals surface area (Å²) in [6, 6.07) is 0. The predicted molar refractivity (Wildman–Crippen MR) is 50.7 cm³/mol. The molecule has 0 saturated carbocycles. The topological polar surface area (TPSA) is 0 Å². The fourth-order valence-electron chi connectivity index (χ4n) is 1.71. The van der Waals surface area contributed by atoms with Gasteiger partial charge in [-0.05, 0) is 38.5 Å². The SMILES string of the molecule is CCCCC1=CCCCCC1. The van der Waals surface area contributed by atoms with E-state index in [1.165, 1.54) is 51.4 Å². The van der Waals surface area contributed by atoms with Gasteiger partial charge in [0.2, 0.25) is 0 Å². The van der Waals surface area contributed by atoms with Crippen molar-refractivity contribution in [1.82, 2.24) is 0 Å². The smallest absolute Gasteiger partial charge is 0.0320 e. The summed E-state index contributed by atoms with van der Waals surface area (Å²) in [6.07, 6.45) is 13.7. The second-order valence-corrected chi connectivity index (χ2v) is 3.57. The standard InChI is InChI=1S/C11H20/c1-2-3-8-11-9-6-4-5-7-10-11/h9H,2-8,10H2,1H3. The second kappa shape index (κ2) is 5.40. The van der Waals surface area contributed by atoms with E-state index in [4.69, 9.17) is 0 Å². The van der Waals surface area contributed by atoms with E-state index in [0.29, 0.717) is 0 Å². The molecule has 11 heavy (non-hydrogen) atoms. The normalized spacial score (nSPS) is 19.2. The Bertz CT molecular complexity index is 122. The molecule has 0 fully saturated rings. The Balaban J connectivity index is 2.23. The first-order valence-corrected chi connectivity index (χ1v) is 5.11. The number of hydrogen-bond acceptors (Lipinski definition) is 0. The summed E-state index contributed by atoms with van der Waals surface area (Å²) in [5.74, 6) is 0. The number of unbranched alkanes of at least 4 members (excludes halogenated alkanes) is 1. The van der Waals surface area contributed by atoms with Crippen molar-refractivity contribution in [3.05, 3.63) is 11.6 Å². The summed E-state index contributed by atoms with van der Waals surface area (Å²) in [7, 11) is 0. The molecule has 1 aliphatic rings. The van der Waals surface area contributed by atoms with Gasteiger partial charge in [-0.15, -0.1) is 0 Å². The highest BCUT2D eigenvalue weighted by atomic mass is 14.1. The van der Waals surface area contributed by atoms with E-state index in [-0.39, 0.29) is 0 Å². The van der Waals surface area contributed by atoms with E-state index in [0.717, 1.165) is 0 Å². The molecule has 0 heterocycles. The number of rotatable bonds is 3. The van der Waals surface area contributed by atoms with E-state index in [9.17, 15) is 0 Å². The van der Waals surface area contributed by atoms with Gasteiger partial charge < -0.3 is 0 Å². The quantitative estimate of drug-likeness (QED) is 0.535. The van der Waals surface area contributed by atoms with Crippen molar-refractivity contribution >= 4 is 0 Å². The monoisotopic (exact) mass is 152 g/mol. The fraction of sp³-hybridized carbons (Fsp3) is 0.818. The summed E-state index contributed by atoms with van der Waals surface area (Å²) >= 11 is 0. The van der Waals surface area contributed by atoms with Crippen molar-refractivity contribution in [2.45, 2.75) is 58.3 Å². The van der Waals surface area contributed by atoms with Gasteiger partial charge in [0.15, 0.2) is 0 Å². The lowest BCUT2D eigenvalue weighted by atomic mass is 10.0. The molecule has 0 unspecified atom stereocenters. The van der Waals surface area contributed by atoms with Crippen LogP contribution >= 0.6 is 0 Å². The lowest BCUT2D eigenvalue weighted by Gasteiger charge is -2.02. The van der Waals surface area contributed by atoms with Gasteiger partial charge in [-0.2, -0.15) is 0 Å². The van der Waals surface area contributed by atoms with Gasteiger partial charge in [-0.3, -0.25) is 0 Å². The Morgan fingerprint density at radius 1 is 1.27 bits per heavy atom. The van der Waals surface area contributed by atoms with Gasteiger partial charge in [0.1, 0.15) is 0 Å². The Morgan fingerprint density at radius 2 is 2.18 bits per heavy atom. The van der Waals surface area contributed by atoms with Crippen LogP contribution in [0.1, 0.15) is 58.3 Å². The molecule has 0 nitrogen and oxygen atoms in total. The van der Waals surface area contributed by atoms with Crippen LogP contribution in [0.5, 0.6) is 0 Å². The summed E-state index contributed by atoms with van der Waals surface area (Å²) in [4.78, 5) is 0. The van der Waals surface area contributed by atoms with Crippen LogP contribution in [-0.4, -0.2) is 0 Å². The molecule has 0 spiro atoms. The third-order valence-corrected chi connectivity index (χ3v) is 2.49. The maximum atomic E-state index is 2.49. The first-order valence-electron chi connectivity index (χ1n) is 5.11. The molecule has 0 heteroatoms. The predicted octanol–water partition coefficient (Wildman–Crippen LogP) is 4.07. The van der Waals surface area contributed by atoms with Crippen LogP contribution in [0, 0.1) is 0 Å². The fourth-order valence-corrected chi connectivity index (χ4v) is 1.71. The molecule has 1 rings (SSSR count). The molecule has 64 valence electrons. The molecule has 0 aromatic rings. The highest BCUT2D eigenvalue weighted by Gasteiger charge is 2.01. The van der Waals surface area contributed by atoms with Gasteiger partial charge >= 0.3 is 0 Å². The summed E-state index contributed by atoms with van der Waals surface area (Å²) < 4.78 is 0. The molecule has 0 bridgehead atoms. The number of allylic oxidation sites excluding steroid dienone is 2. The van der Waals surface area contributed by atoms with Crippen LogP contribution in [0.25, 0.3) is 0 Å². The molecule has 0 saturated heterocycles. The zero-order valence-electron chi connectivity index (χ0n) is 7.73. The largest absolute Gasteiger partial charge is 0.0853 e. The van der Waals surface area contributed by atoms with Gasteiger partial charge in [-0.1, -0.05) is 31.4 Å². The highest BCUT2D eigenvalue weighted by Crippen LogP contribution is 2.20. The zero-order valence-corrected chi connectivity index (χ0v) is 7.73. The van der Waals surface area contributed by atoms with Crippen molar-refractivity contribution < 1.29 is 0 Å². The first-order chi connectivity index (χ1) is 5.43. The second-order valence-electron chi connectivity index (χ2n) is 3.57. The average Bonchev–Trinajstić information content (AvgIpc) is 2.28. The van der Waals surface area contributed by atoms with E-state index in [1.807, 2.05) is 0 Å². The Morgan fingerprint density at radius 3 is 3.00 bits per heavy atom. The van der Waals surface area contributed by atoms with Crippen LogP contribution in [0.4, 0.5) is 0 Å². The molecular weight excluding hydrogens is 132 g/mol. The molecule has 0 amide bonds. The summed E-state index contributed by atoms with van der Waals surface area (Å²) in [5, 5.41) is 0. The van der Waals surface area contributed by atoms with Crippen LogP contribution in [0.15, 0.2) is 11.6 Å². The molecular formula is C11H20. The third-order valence-electron chi connectivity index (χ3n) is 2.49. The highest BCUT2D eigenvalue weighted by molar-refractivity contribution is 5.03. The molecule has 0 aromatic carbocycles. The van der Waals surface area contributed by atoms with Crippen molar-refractivity contribution in [3.8, 4) is 0 Å². The van der Waals surface area contributed by atoms with E-state index < -0.39 is 0 Å². The molecule has 0 atom stereocenters. The molecule has 0 N–H and O–H groups in total. The van der Waals surface area contributed by atoms with Crippen molar-refractivity contribution in [2.24, 2.45) is 0 Å². The Hall–Kier alpha value is -0.260. The number of hydrogen-bond donors (Lipinski definition) is 0. The average molecular weight is 152 g/mol. The Kier molecular flexibility index (Phi) is 4.33. The minimum Gasteiger partial charge on any atom is -0.0853 e. The van der Waals surface area contributed by atoms with E-state index in [1.54, 1.807) is 5.57 Å². The third kappa shape index (κ3) is 3.60.